The fourth-order valence-electron chi connectivity index (χ4n) is 1.62. The molecule has 2 heteroatoms. The van der Waals surface area contributed by atoms with E-state index >= 15 is 0 Å². The summed E-state index contributed by atoms with van der Waals surface area (Å²) in [5.41, 5.74) is 1.36. The fourth-order valence-corrected chi connectivity index (χ4v) is 4.03. The lowest BCUT2D eigenvalue weighted by Gasteiger charge is -2.08. The Balaban J connectivity index is 2.43. The molecule has 1 aromatic rings. The molecule has 1 atom stereocenters. The van der Waals surface area contributed by atoms with E-state index in [0.29, 0.717) is 5.00 Å². The molecule has 0 fully saturated rings. The van der Waals surface area contributed by atoms with E-state index in [0.717, 1.165) is 0 Å². The highest BCUT2D eigenvalue weighted by atomic mass is 35.5. The van der Waals surface area contributed by atoms with Crippen LogP contribution in [0.15, 0.2) is 24.3 Å². The third-order valence-electron chi connectivity index (χ3n) is 2.41. The minimum atomic E-state index is -0.263. The van der Waals surface area contributed by atoms with Gasteiger partial charge in [0.2, 0.25) is 0 Å². The van der Waals surface area contributed by atoms with Crippen LogP contribution >= 0.6 is 11.6 Å². The standard InChI is InChI=1S/C12H19ClSi/c1-3-4-8-12(13)14-11-7-5-6-10(2)9-11/h5-7,9,12H,3-4,8,14H2,1-2H3. The van der Waals surface area contributed by atoms with Gasteiger partial charge in [0.15, 0.2) is 0 Å². The molecule has 0 aliphatic carbocycles. The van der Waals surface area contributed by atoms with Gasteiger partial charge in [0.05, 0.1) is 9.52 Å². The van der Waals surface area contributed by atoms with Crippen molar-refractivity contribution in [1.29, 1.82) is 0 Å². The average Bonchev–Trinajstić information content (AvgIpc) is 2.15. The molecule has 0 nitrogen and oxygen atoms in total. The third kappa shape index (κ3) is 4.29. The Morgan fingerprint density at radius 1 is 1.43 bits per heavy atom. The molecule has 1 unspecified atom stereocenters. The smallest absolute Gasteiger partial charge is 0.0753 e. The van der Waals surface area contributed by atoms with Gasteiger partial charge >= 0.3 is 0 Å². The van der Waals surface area contributed by atoms with Crippen LogP contribution in [0.1, 0.15) is 31.7 Å². The van der Waals surface area contributed by atoms with Crippen molar-refractivity contribution >= 4 is 26.3 Å². The van der Waals surface area contributed by atoms with E-state index in [1.165, 1.54) is 30.0 Å². The van der Waals surface area contributed by atoms with E-state index in [2.05, 4.69) is 38.1 Å². The van der Waals surface area contributed by atoms with Crippen molar-refractivity contribution in [1.82, 2.24) is 0 Å². The van der Waals surface area contributed by atoms with Crippen molar-refractivity contribution in [3.63, 3.8) is 0 Å². The molecule has 0 N–H and O–H groups in total. The maximum atomic E-state index is 6.31. The summed E-state index contributed by atoms with van der Waals surface area (Å²) in [4.78, 5) is 0. The maximum absolute atomic E-state index is 6.31. The van der Waals surface area contributed by atoms with Gasteiger partial charge in [-0.3, -0.25) is 0 Å². The molecular formula is C12H19ClSi. The number of aryl methyl sites for hydroxylation is 1. The Morgan fingerprint density at radius 2 is 2.21 bits per heavy atom. The van der Waals surface area contributed by atoms with Crippen LogP contribution in [0, 0.1) is 6.92 Å². The quantitative estimate of drug-likeness (QED) is 0.535. The number of hydrogen-bond donors (Lipinski definition) is 0. The zero-order valence-corrected chi connectivity index (χ0v) is 11.3. The van der Waals surface area contributed by atoms with E-state index in [1.54, 1.807) is 0 Å². The van der Waals surface area contributed by atoms with Crippen LogP contribution in [0.5, 0.6) is 0 Å². The fraction of sp³-hybridized carbons (Fsp3) is 0.500. The highest BCUT2D eigenvalue weighted by Gasteiger charge is 2.05. The van der Waals surface area contributed by atoms with E-state index in [9.17, 15) is 0 Å². The first-order valence-electron chi connectivity index (χ1n) is 5.42. The van der Waals surface area contributed by atoms with Gasteiger partial charge < -0.3 is 0 Å². The van der Waals surface area contributed by atoms with Crippen LogP contribution in [0.2, 0.25) is 0 Å². The molecule has 1 aromatic carbocycles. The Hall–Kier alpha value is -0.273. The predicted molar refractivity (Wildman–Crippen MR) is 68.5 cm³/mol. The monoisotopic (exact) mass is 226 g/mol. The molecule has 0 aliphatic heterocycles. The van der Waals surface area contributed by atoms with Gasteiger partial charge in [0.1, 0.15) is 0 Å². The minimum absolute atomic E-state index is 0.263. The van der Waals surface area contributed by atoms with Gasteiger partial charge in [-0.05, 0) is 13.3 Å². The Morgan fingerprint density at radius 3 is 2.86 bits per heavy atom. The van der Waals surface area contributed by atoms with Gasteiger partial charge in [0, 0.05) is 5.00 Å². The molecule has 0 aromatic heterocycles. The number of unbranched alkanes of at least 4 members (excludes halogenated alkanes) is 1. The first-order chi connectivity index (χ1) is 6.72. The van der Waals surface area contributed by atoms with Gasteiger partial charge in [-0.1, -0.05) is 54.8 Å². The molecule has 78 valence electrons. The van der Waals surface area contributed by atoms with E-state index in [-0.39, 0.29) is 9.52 Å². The van der Waals surface area contributed by atoms with Crippen LogP contribution in [0.3, 0.4) is 0 Å². The highest BCUT2D eigenvalue weighted by molar-refractivity contribution is 6.64. The van der Waals surface area contributed by atoms with Gasteiger partial charge in [0.25, 0.3) is 0 Å². The molecule has 0 amide bonds. The SMILES string of the molecule is CCCCC(Cl)[SiH2]c1cccc(C)c1. The highest BCUT2D eigenvalue weighted by Crippen LogP contribution is 2.06. The second-order valence-electron chi connectivity index (χ2n) is 3.93. The van der Waals surface area contributed by atoms with Crippen LogP contribution in [-0.2, 0) is 0 Å². The van der Waals surface area contributed by atoms with Gasteiger partial charge in [-0.15, -0.1) is 11.6 Å². The second-order valence-corrected chi connectivity index (χ2v) is 7.28. The molecular weight excluding hydrogens is 208 g/mol. The van der Waals surface area contributed by atoms with E-state index in [1.807, 2.05) is 0 Å². The molecule has 0 bridgehead atoms. The topological polar surface area (TPSA) is 0 Å². The van der Waals surface area contributed by atoms with Crippen molar-refractivity contribution in [2.75, 3.05) is 0 Å². The zero-order valence-electron chi connectivity index (χ0n) is 9.09. The first kappa shape index (κ1) is 11.8. The van der Waals surface area contributed by atoms with Crippen molar-refractivity contribution in [3.8, 4) is 0 Å². The summed E-state index contributed by atoms with van der Waals surface area (Å²) in [6.45, 7) is 4.37. The van der Waals surface area contributed by atoms with Crippen molar-refractivity contribution in [2.45, 2.75) is 38.1 Å². The summed E-state index contributed by atoms with van der Waals surface area (Å²) >= 11 is 6.31. The largest absolute Gasteiger partial charge is 0.127 e. The number of rotatable bonds is 5. The second kappa shape index (κ2) is 6.26. The maximum Gasteiger partial charge on any atom is 0.0753 e. The Bertz CT molecular complexity index is 273. The number of hydrogen-bond acceptors (Lipinski definition) is 0. The predicted octanol–water partition coefficient (Wildman–Crippen LogP) is 2.54. The van der Waals surface area contributed by atoms with Crippen LogP contribution in [-0.4, -0.2) is 14.5 Å². The van der Waals surface area contributed by atoms with Crippen LogP contribution in [0.25, 0.3) is 0 Å². The summed E-state index contributed by atoms with van der Waals surface area (Å²) in [7, 11) is -0.263. The summed E-state index contributed by atoms with van der Waals surface area (Å²) in [5.74, 6) is 0. The zero-order chi connectivity index (χ0) is 10.4. The van der Waals surface area contributed by atoms with Crippen molar-refractivity contribution in [2.24, 2.45) is 0 Å². The summed E-state index contributed by atoms with van der Waals surface area (Å²) < 4.78 is 0. The molecule has 0 spiro atoms. The molecule has 14 heavy (non-hydrogen) atoms. The molecule has 0 heterocycles. The average molecular weight is 227 g/mol. The van der Waals surface area contributed by atoms with Gasteiger partial charge in [-0.25, -0.2) is 0 Å². The Labute approximate surface area is 94.5 Å². The molecule has 0 aliphatic rings. The Kier molecular flexibility index (Phi) is 5.27. The summed E-state index contributed by atoms with van der Waals surface area (Å²) in [6, 6.07) is 8.79. The molecule has 0 saturated heterocycles. The first-order valence-corrected chi connectivity index (χ1v) is 7.38. The van der Waals surface area contributed by atoms with Crippen LogP contribution in [0.4, 0.5) is 0 Å². The van der Waals surface area contributed by atoms with Crippen molar-refractivity contribution < 1.29 is 0 Å². The summed E-state index contributed by atoms with van der Waals surface area (Å²) in [6.07, 6.45) is 3.72. The van der Waals surface area contributed by atoms with Gasteiger partial charge in [-0.2, -0.15) is 0 Å². The number of halogens is 1. The minimum Gasteiger partial charge on any atom is -0.127 e. The normalized spacial score (nSPS) is 13.6. The van der Waals surface area contributed by atoms with Crippen molar-refractivity contribution in [3.05, 3.63) is 29.8 Å². The van der Waals surface area contributed by atoms with Crippen LogP contribution < -0.4 is 5.19 Å². The molecule has 0 radical (unpaired) electrons. The number of benzene rings is 1. The number of alkyl halides is 1. The lowest BCUT2D eigenvalue weighted by atomic mass is 10.2. The third-order valence-corrected chi connectivity index (χ3v) is 4.85. The lowest BCUT2D eigenvalue weighted by molar-refractivity contribution is 0.754. The summed E-state index contributed by atoms with van der Waals surface area (Å²) in [5, 5.41) is 1.94. The molecule has 0 saturated carbocycles. The lowest BCUT2D eigenvalue weighted by Crippen LogP contribution is -2.24. The molecule has 1 rings (SSSR count). The van der Waals surface area contributed by atoms with E-state index in [4.69, 9.17) is 11.6 Å². The van der Waals surface area contributed by atoms with E-state index < -0.39 is 0 Å².